The van der Waals surface area contributed by atoms with Gasteiger partial charge in [0, 0.05) is 147 Å². The van der Waals surface area contributed by atoms with Crippen LogP contribution in [0.3, 0.4) is 0 Å². The van der Waals surface area contributed by atoms with Crippen LogP contribution in [-0.2, 0) is 25.4 Å². The third-order valence-electron chi connectivity index (χ3n) is 14.7. The second-order valence-electron chi connectivity index (χ2n) is 20.8. The third kappa shape index (κ3) is 18.1. The van der Waals surface area contributed by atoms with Gasteiger partial charge in [0.15, 0.2) is 17.8 Å². The number of benzene rings is 5. The molecule has 0 radical (unpaired) electrons. The Labute approximate surface area is 513 Å². The summed E-state index contributed by atoms with van der Waals surface area (Å²) in [6.07, 6.45) is -2.35. The number of nitrogens with zero attached hydrogens (tertiary/aromatic N) is 8. The van der Waals surface area contributed by atoms with Crippen LogP contribution in [0.5, 0.6) is 11.5 Å². The van der Waals surface area contributed by atoms with E-state index in [1.165, 1.54) is 18.5 Å². The highest BCUT2D eigenvalue weighted by Gasteiger charge is 2.35. The highest BCUT2D eigenvalue weighted by Crippen LogP contribution is 2.37. The first-order chi connectivity index (χ1) is 42.0. The molecule has 0 bridgehead atoms. The number of likely N-dealkylation sites (N-methyl/N-ethyl adjacent to an activating group) is 2. The van der Waals surface area contributed by atoms with Gasteiger partial charge in [-0.15, -0.1) is 0 Å². The molecular formula is C66H68ClF6N11O4. The van der Waals surface area contributed by atoms with Crippen molar-refractivity contribution in [3.63, 3.8) is 0 Å². The van der Waals surface area contributed by atoms with Crippen LogP contribution in [0.25, 0.3) is 21.7 Å². The standard InChI is InChI=1S/C20H16N2O3.C18H12ClN3O.2C14H20F3N3/c1-13-4-5-14(11-23)8-15(13)6-7-17-16-9-19(24-2)20(25-3)10-18(16)22-12-21-17;1-11-8-21-15(10-23)6-12(11)3-5-16-17-7-14(19)4-2-13(17)9-22-18(16)20;2*1-18-12-4-3-11(13(9-12)14(15,16)17)10-20-7-5-19(2)6-8-20/h4-5,8-12H,1-3H3;2,4,6-10H,1H3,(H2,20,22);2*3-4,9,18H,5-8,10H2,1-2H3. The van der Waals surface area contributed by atoms with E-state index >= 15 is 0 Å². The van der Waals surface area contributed by atoms with Gasteiger partial charge in [0.2, 0.25) is 0 Å². The third-order valence-corrected chi connectivity index (χ3v) is 14.9. The van der Waals surface area contributed by atoms with Gasteiger partial charge in [-0.05, 0) is 111 Å². The van der Waals surface area contributed by atoms with E-state index in [0.29, 0.717) is 86.7 Å². The lowest BCUT2D eigenvalue weighted by molar-refractivity contribution is -0.139. The van der Waals surface area contributed by atoms with Crippen LogP contribution in [0.4, 0.5) is 43.5 Å². The lowest BCUT2D eigenvalue weighted by Crippen LogP contribution is -2.44. The minimum absolute atomic E-state index is 0.340. The van der Waals surface area contributed by atoms with Crippen molar-refractivity contribution >= 4 is 63.0 Å². The van der Waals surface area contributed by atoms with E-state index in [4.69, 9.17) is 26.8 Å². The number of alkyl halides is 6. The highest BCUT2D eigenvalue weighted by molar-refractivity contribution is 6.31. The van der Waals surface area contributed by atoms with E-state index in [2.05, 4.69) is 73.9 Å². The summed E-state index contributed by atoms with van der Waals surface area (Å²) >= 11 is 6.07. The fraction of sp³-hybridized carbons (Fsp3) is 0.303. The maximum Gasteiger partial charge on any atom is 0.416 e. The van der Waals surface area contributed by atoms with Crippen molar-refractivity contribution in [1.82, 2.24) is 39.5 Å². The Morgan fingerprint density at radius 1 is 0.602 bits per heavy atom. The Bertz CT molecular complexity index is 3790. The topological polar surface area (TPSA) is 167 Å². The monoisotopic (exact) mass is 1230 g/mol. The van der Waals surface area contributed by atoms with Crippen LogP contribution in [0.15, 0.2) is 110 Å². The summed E-state index contributed by atoms with van der Waals surface area (Å²) in [6, 6.07) is 25.1. The van der Waals surface area contributed by atoms with Gasteiger partial charge in [-0.25, -0.2) is 15.0 Å². The fourth-order valence-corrected chi connectivity index (χ4v) is 9.59. The summed E-state index contributed by atoms with van der Waals surface area (Å²) in [5.74, 6) is 13.8. The average molecular weight is 1230 g/mol. The first-order valence-electron chi connectivity index (χ1n) is 27.8. The number of nitrogens with one attached hydrogen (secondary N) is 2. The second-order valence-corrected chi connectivity index (χ2v) is 21.3. The molecule has 2 saturated heterocycles. The number of hydrogen-bond donors (Lipinski definition) is 3. The van der Waals surface area contributed by atoms with Crippen molar-refractivity contribution in [3.05, 3.63) is 182 Å². The van der Waals surface area contributed by atoms with Gasteiger partial charge in [-0.1, -0.05) is 59.7 Å². The molecule has 5 aromatic carbocycles. The number of nitrogens with two attached hydrogens (primary N) is 1. The normalized spacial score (nSPS) is 13.8. The summed E-state index contributed by atoms with van der Waals surface area (Å²) in [5.41, 5.74) is 12.8. The molecule has 0 amide bonds. The van der Waals surface area contributed by atoms with Crippen LogP contribution < -0.4 is 25.8 Å². The molecule has 2 aliphatic heterocycles. The van der Waals surface area contributed by atoms with Gasteiger partial charge >= 0.3 is 12.4 Å². The van der Waals surface area contributed by atoms with Gasteiger partial charge < -0.3 is 35.6 Å². The Morgan fingerprint density at radius 2 is 1.16 bits per heavy atom. The zero-order valence-corrected chi connectivity index (χ0v) is 50.8. The number of halogens is 7. The van der Waals surface area contributed by atoms with E-state index in [-0.39, 0.29) is 0 Å². The first kappa shape index (κ1) is 66.7. The smallest absolute Gasteiger partial charge is 0.416 e. The molecule has 0 aliphatic carbocycles. The van der Waals surface area contributed by atoms with Crippen LogP contribution in [0.1, 0.15) is 76.6 Å². The number of methoxy groups -OCH3 is 2. The Kier molecular flexibility index (Phi) is 23.3. The summed E-state index contributed by atoms with van der Waals surface area (Å²) in [6.45, 7) is 11.4. The molecule has 22 heteroatoms. The molecule has 460 valence electrons. The molecule has 5 heterocycles. The highest BCUT2D eigenvalue weighted by atomic mass is 35.5. The molecule has 2 fully saturated rings. The molecular weight excluding hydrogens is 1160 g/mol. The number of ether oxygens (including phenoxy) is 2. The van der Waals surface area contributed by atoms with Gasteiger partial charge in [-0.2, -0.15) is 26.3 Å². The van der Waals surface area contributed by atoms with E-state index in [1.807, 2.05) is 52.2 Å². The number of aryl methyl sites for hydroxylation is 2. The number of aromatic nitrogens is 4. The molecule has 8 aromatic rings. The summed E-state index contributed by atoms with van der Waals surface area (Å²) < 4.78 is 89.4. The Morgan fingerprint density at radius 3 is 1.69 bits per heavy atom. The predicted octanol–water partition coefficient (Wildman–Crippen LogP) is 11.5. The van der Waals surface area contributed by atoms with Crippen molar-refractivity contribution in [3.8, 4) is 35.2 Å². The molecule has 15 nitrogen and oxygen atoms in total. The van der Waals surface area contributed by atoms with Crippen molar-refractivity contribution in [1.29, 1.82) is 0 Å². The van der Waals surface area contributed by atoms with Crippen molar-refractivity contribution < 1.29 is 45.4 Å². The van der Waals surface area contributed by atoms with Crippen molar-refractivity contribution in [2.24, 2.45) is 0 Å². The van der Waals surface area contributed by atoms with Crippen LogP contribution in [0.2, 0.25) is 5.02 Å². The second kappa shape index (κ2) is 30.7. The number of aldehydes is 2. The molecule has 0 saturated carbocycles. The summed E-state index contributed by atoms with van der Waals surface area (Å²) in [7, 11) is 10.5. The number of fused-ring (bicyclic) bond motifs is 2. The van der Waals surface area contributed by atoms with Crippen LogP contribution in [0, 0.1) is 37.5 Å². The van der Waals surface area contributed by atoms with Gasteiger partial charge in [0.1, 0.15) is 29.8 Å². The molecule has 3 aromatic heterocycles. The van der Waals surface area contributed by atoms with Crippen molar-refractivity contribution in [2.75, 3.05) is 111 Å². The predicted molar refractivity (Wildman–Crippen MR) is 334 cm³/mol. The number of carbonyl (C=O) groups is 2. The number of hydrogen-bond acceptors (Lipinski definition) is 15. The first-order valence-corrected chi connectivity index (χ1v) is 28.2. The molecule has 4 N–H and O–H groups in total. The number of rotatable bonds is 10. The average Bonchev–Trinajstić information content (AvgIpc) is 3.32. The SMILES string of the molecule is CNc1ccc(CN2CCN(C)CC2)c(C(F)(F)F)c1.CNc1ccc(CN2CCN(C)CC2)c(C(F)(F)F)c1.COc1cc2ncnc(C#Cc3cc(C=O)ccc3C)c2cc1OC.Cc1cnc(C=O)cc1C#Cc1c(N)ncc2ccc(Cl)cc12. The maximum absolute atomic E-state index is 13.1. The molecule has 2 aliphatic rings. The van der Waals surface area contributed by atoms with Crippen LogP contribution >= 0.6 is 11.6 Å². The van der Waals surface area contributed by atoms with E-state index in [9.17, 15) is 35.9 Å². The summed E-state index contributed by atoms with van der Waals surface area (Å²) in [4.78, 5) is 47.0. The zero-order chi connectivity index (χ0) is 63.7. The number of piperazine rings is 2. The Hall–Kier alpha value is -8.83. The van der Waals surface area contributed by atoms with Gasteiger partial charge in [0.05, 0.1) is 36.4 Å². The van der Waals surface area contributed by atoms with Crippen LogP contribution in [-0.4, -0.2) is 147 Å². The number of carbonyl (C=O) groups excluding carboxylic acids is 2. The molecule has 0 unspecified atom stereocenters. The van der Waals surface area contributed by atoms with E-state index in [0.717, 1.165) is 103 Å². The maximum atomic E-state index is 13.1. The number of nitrogen functional groups attached to an aromatic ring is 1. The molecule has 88 heavy (non-hydrogen) atoms. The lowest BCUT2D eigenvalue weighted by atomic mass is 10.0. The largest absolute Gasteiger partial charge is 0.493 e. The quantitative estimate of drug-likeness (QED) is 0.0672. The molecule has 10 rings (SSSR count). The lowest BCUT2D eigenvalue weighted by Gasteiger charge is -2.33. The van der Waals surface area contributed by atoms with E-state index in [1.54, 1.807) is 95.3 Å². The fourth-order valence-electron chi connectivity index (χ4n) is 9.42. The minimum Gasteiger partial charge on any atom is -0.493 e. The van der Waals surface area contributed by atoms with Crippen molar-refractivity contribution in [2.45, 2.75) is 39.3 Å². The number of pyridine rings is 2. The van der Waals surface area contributed by atoms with Gasteiger partial charge in [0.25, 0.3) is 0 Å². The summed E-state index contributed by atoms with van der Waals surface area (Å²) in [5, 5.41) is 8.65. The number of anilines is 3. The zero-order valence-electron chi connectivity index (χ0n) is 50.1. The molecule has 0 spiro atoms. The molecule has 0 atom stereocenters. The van der Waals surface area contributed by atoms with Gasteiger partial charge in [-0.3, -0.25) is 24.4 Å². The Balaban J connectivity index is 0.000000168. The minimum atomic E-state index is -4.31. The van der Waals surface area contributed by atoms with E-state index < -0.39 is 23.5 Å².